The Morgan fingerprint density at radius 2 is 1.44 bits per heavy atom. The van der Waals surface area contributed by atoms with Gasteiger partial charge in [0, 0.05) is 0 Å². The summed E-state index contributed by atoms with van der Waals surface area (Å²) in [6, 6.07) is 0.468. The predicted octanol–water partition coefficient (Wildman–Crippen LogP) is 2.56. The molecule has 0 fully saturated rings. The Morgan fingerprint density at radius 3 is 1.44 bits per heavy atom. The maximum Gasteiger partial charge on any atom is 1.00 e. The van der Waals surface area contributed by atoms with Crippen LogP contribution in [0.1, 0.15) is 34.6 Å². The van der Waals surface area contributed by atoms with E-state index in [0.29, 0.717) is 6.04 Å². The summed E-state index contributed by atoms with van der Waals surface area (Å²) >= 11 is 0. The molecule has 9 heavy (non-hydrogen) atoms. The summed E-state index contributed by atoms with van der Waals surface area (Å²) in [4.78, 5) is 0. The largest absolute Gasteiger partial charge is 1.00 e. The van der Waals surface area contributed by atoms with Crippen molar-refractivity contribution in [1.29, 1.82) is 0 Å². The number of hydrogen-bond acceptors (Lipinski definition) is 0. The number of nitrogens with zero attached hydrogens (tertiary/aromatic N) is 1. The van der Waals surface area contributed by atoms with Gasteiger partial charge in [-0.05, 0) is 0 Å². The molecular weight excluding hydrogens is 199 g/mol. The van der Waals surface area contributed by atoms with Gasteiger partial charge in [-0.2, -0.15) is 0 Å². The van der Waals surface area contributed by atoms with Gasteiger partial charge in [0.1, 0.15) is 0 Å². The van der Waals surface area contributed by atoms with Gasteiger partial charge >= 0.3 is 19.5 Å². The molecule has 2 heteroatoms. The maximum atomic E-state index is 4.41. The topological polar surface area (TPSA) is 14.1 Å². The van der Waals surface area contributed by atoms with Crippen molar-refractivity contribution in [2.45, 2.75) is 46.2 Å². The summed E-state index contributed by atoms with van der Waals surface area (Å²) in [7, 11) is 0. The standard InChI is InChI=1S/C7H16N.Ru/c1-6(2)8-7(3,4)5;/h6H,1-5H3;/q-1;+1. The minimum absolute atomic E-state index is 0. The van der Waals surface area contributed by atoms with Crippen molar-refractivity contribution in [1.82, 2.24) is 0 Å². The van der Waals surface area contributed by atoms with E-state index >= 15 is 0 Å². The van der Waals surface area contributed by atoms with Crippen LogP contribution < -0.4 is 0 Å². The maximum absolute atomic E-state index is 4.41. The van der Waals surface area contributed by atoms with Crippen LogP contribution >= 0.6 is 0 Å². The molecule has 0 spiro atoms. The molecule has 0 saturated carbocycles. The van der Waals surface area contributed by atoms with E-state index in [4.69, 9.17) is 0 Å². The van der Waals surface area contributed by atoms with Gasteiger partial charge in [0.05, 0.1) is 0 Å². The fraction of sp³-hybridized carbons (Fsp3) is 1.00. The molecule has 0 aromatic heterocycles. The first-order chi connectivity index (χ1) is 3.42. The second-order valence-electron chi connectivity index (χ2n) is 3.39. The smallest absolute Gasteiger partial charge is 0.655 e. The zero-order valence-corrected chi connectivity index (χ0v) is 8.62. The monoisotopic (exact) mass is 216 g/mol. The van der Waals surface area contributed by atoms with E-state index < -0.39 is 0 Å². The van der Waals surface area contributed by atoms with Crippen molar-refractivity contribution < 1.29 is 19.5 Å². The van der Waals surface area contributed by atoms with Crippen LogP contribution in [-0.2, 0) is 19.5 Å². The summed E-state index contributed by atoms with van der Waals surface area (Å²) < 4.78 is 0. The second-order valence-corrected chi connectivity index (χ2v) is 3.39. The van der Waals surface area contributed by atoms with E-state index in [-0.39, 0.29) is 25.0 Å². The molecule has 0 N–H and O–H groups in total. The normalized spacial score (nSPS) is 11.3. The summed E-state index contributed by atoms with van der Waals surface area (Å²) in [5, 5.41) is 4.41. The van der Waals surface area contributed by atoms with E-state index in [1.807, 2.05) is 0 Å². The molecule has 1 nitrogen and oxygen atoms in total. The van der Waals surface area contributed by atoms with Gasteiger partial charge in [-0.1, -0.05) is 34.6 Å². The van der Waals surface area contributed by atoms with Crippen LogP contribution in [0.15, 0.2) is 0 Å². The van der Waals surface area contributed by atoms with Crippen LogP contribution in [0.25, 0.3) is 5.32 Å². The third-order valence-corrected chi connectivity index (χ3v) is 0.645. The molecule has 0 saturated heterocycles. The quantitative estimate of drug-likeness (QED) is 0.597. The van der Waals surface area contributed by atoms with Crippen molar-refractivity contribution in [2.75, 3.05) is 0 Å². The van der Waals surface area contributed by atoms with E-state index in [0.717, 1.165) is 0 Å². The third-order valence-electron chi connectivity index (χ3n) is 0.645. The fourth-order valence-electron chi connectivity index (χ4n) is 0.775. The Labute approximate surface area is 71.4 Å². The molecule has 0 atom stereocenters. The Hall–Kier alpha value is 0.583. The van der Waals surface area contributed by atoms with Crippen molar-refractivity contribution in [3.63, 3.8) is 0 Å². The predicted molar refractivity (Wildman–Crippen MR) is 38.2 cm³/mol. The van der Waals surface area contributed by atoms with Crippen LogP contribution in [0, 0.1) is 0 Å². The first kappa shape index (κ1) is 12.3. The average molecular weight is 215 g/mol. The average Bonchev–Trinajstić information content (AvgIpc) is 1.21. The van der Waals surface area contributed by atoms with E-state index in [9.17, 15) is 0 Å². The van der Waals surface area contributed by atoms with E-state index in [1.165, 1.54) is 0 Å². The van der Waals surface area contributed by atoms with Gasteiger partial charge in [0.25, 0.3) is 0 Å². The molecule has 0 rings (SSSR count). The molecule has 0 bridgehead atoms. The van der Waals surface area contributed by atoms with Crippen LogP contribution in [0.3, 0.4) is 0 Å². The zero-order chi connectivity index (χ0) is 6.78. The van der Waals surface area contributed by atoms with Crippen molar-refractivity contribution >= 4 is 0 Å². The molecular formula is C7H16NRu. The second kappa shape index (κ2) is 4.41. The molecule has 0 aliphatic rings. The summed E-state index contributed by atoms with van der Waals surface area (Å²) in [5.74, 6) is 0. The van der Waals surface area contributed by atoms with Gasteiger partial charge in [-0.3, -0.25) is 0 Å². The zero-order valence-electron chi connectivity index (χ0n) is 6.88. The minimum Gasteiger partial charge on any atom is -0.655 e. The van der Waals surface area contributed by atoms with Crippen molar-refractivity contribution in [3.05, 3.63) is 5.32 Å². The minimum atomic E-state index is 0. The number of rotatable bonds is 1. The first-order valence-corrected chi connectivity index (χ1v) is 3.14. The van der Waals surface area contributed by atoms with Gasteiger partial charge < -0.3 is 5.32 Å². The number of hydrogen-bond donors (Lipinski definition) is 0. The van der Waals surface area contributed by atoms with Gasteiger partial charge in [-0.25, -0.2) is 0 Å². The molecule has 0 heterocycles. The van der Waals surface area contributed by atoms with Crippen LogP contribution in [0.2, 0.25) is 0 Å². The Kier molecular flexibility index (Phi) is 6.01. The van der Waals surface area contributed by atoms with E-state index in [1.54, 1.807) is 0 Å². The molecule has 0 unspecified atom stereocenters. The summed E-state index contributed by atoms with van der Waals surface area (Å²) in [6.45, 7) is 10.6. The molecule has 0 aromatic rings. The molecule has 0 aliphatic heterocycles. The SMILES string of the molecule is CC(C)[N-]C(C)(C)C.[Ru+]. The van der Waals surface area contributed by atoms with E-state index in [2.05, 4.69) is 39.9 Å². The van der Waals surface area contributed by atoms with Crippen LogP contribution in [-0.4, -0.2) is 11.6 Å². The Bertz CT molecular complexity index is 63.8. The fourth-order valence-corrected chi connectivity index (χ4v) is 0.775. The summed E-state index contributed by atoms with van der Waals surface area (Å²) in [6.07, 6.45) is 0. The van der Waals surface area contributed by atoms with Gasteiger partial charge in [-0.15, -0.1) is 11.6 Å². The molecule has 0 aromatic carbocycles. The Balaban J connectivity index is 0. The third kappa shape index (κ3) is 11.9. The molecule has 57 valence electrons. The van der Waals surface area contributed by atoms with Crippen molar-refractivity contribution in [3.8, 4) is 0 Å². The molecule has 0 amide bonds. The first-order valence-electron chi connectivity index (χ1n) is 3.14. The summed E-state index contributed by atoms with van der Waals surface area (Å²) in [5.41, 5.74) is 0.147. The van der Waals surface area contributed by atoms with Crippen molar-refractivity contribution in [2.24, 2.45) is 0 Å². The molecule has 1 radical (unpaired) electrons. The van der Waals surface area contributed by atoms with Crippen LogP contribution in [0.4, 0.5) is 0 Å². The molecule has 0 aliphatic carbocycles. The van der Waals surface area contributed by atoms with Crippen LogP contribution in [0.5, 0.6) is 0 Å². The van der Waals surface area contributed by atoms with Gasteiger partial charge in [0.15, 0.2) is 0 Å². The van der Waals surface area contributed by atoms with Gasteiger partial charge in [0.2, 0.25) is 0 Å². The Morgan fingerprint density at radius 1 is 1.11 bits per heavy atom.